The van der Waals surface area contributed by atoms with Gasteiger partial charge in [0.05, 0.1) is 0 Å². The number of carbonyl (C=O) groups is 1. The lowest BCUT2D eigenvalue weighted by molar-refractivity contribution is 0.0940. The molecule has 6 heteroatoms. The van der Waals surface area contributed by atoms with Gasteiger partial charge in [-0.1, -0.05) is 13.8 Å². The van der Waals surface area contributed by atoms with Crippen molar-refractivity contribution in [1.29, 1.82) is 0 Å². The van der Waals surface area contributed by atoms with E-state index in [-0.39, 0.29) is 24.6 Å². The highest BCUT2D eigenvalue weighted by Crippen LogP contribution is 2.16. The van der Waals surface area contributed by atoms with Crippen LogP contribution >= 0.6 is 0 Å². The number of aliphatic hydroxyl groups excluding tert-OH is 1. The monoisotopic (exact) mass is 303 g/mol. The third kappa shape index (κ3) is 5.38. The Bertz CT molecular complexity index is 469. The first-order valence-corrected chi connectivity index (χ1v) is 6.88. The molecule has 0 spiro atoms. The predicted molar refractivity (Wildman–Crippen MR) is 73.3 cm³/mol. The van der Waals surface area contributed by atoms with Crippen LogP contribution in [0.25, 0.3) is 0 Å². The fourth-order valence-electron chi connectivity index (χ4n) is 2.18. The normalized spacial score (nSPS) is 12.5. The Morgan fingerprint density at radius 3 is 2.29 bits per heavy atom. The van der Waals surface area contributed by atoms with Crippen molar-refractivity contribution in [2.45, 2.75) is 26.7 Å². The lowest BCUT2D eigenvalue weighted by Gasteiger charge is -2.18. The van der Waals surface area contributed by atoms with Gasteiger partial charge in [0, 0.05) is 18.7 Å². The number of benzene rings is 1. The summed E-state index contributed by atoms with van der Waals surface area (Å²) >= 11 is 0. The van der Waals surface area contributed by atoms with E-state index in [4.69, 9.17) is 5.11 Å². The molecule has 21 heavy (non-hydrogen) atoms. The molecule has 0 aliphatic carbocycles. The van der Waals surface area contributed by atoms with Crippen molar-refractivity contribution in [3.63, 3.8) is 0 Å². The lowest BCUT2D eigenvalue weighted by Crippen LogP contribution is -2.30. The summed E-state index contributed by atoms with van der Waals surface area (Å²) in [6.45, 7) is 4.35. The number of rotatable bonds is 7. The second-order valence-electron chi connectivity index (χ2n) is 5.47. The van der Waals surface area contributed by atoms with Crippen LogP contribution in [0.15, 0.2) is 12.1 Å². The fraction of sp³-hybridized carbons (Fsp3) is 0.533. The standard InChI is InChI=1S/C15H20F3NO2/c1-9(2)5-10(3-4-20)8-19-15(21)11-6-12(16)14(18)13(17)7-11/h6-7,9-10,20H,3-5,8H2,1-2H3,(H,19,21). The van der Waals surface area contributed by atoms with Gasteiger partial charge in [0.25, 0.3) is 5.91 Å². The van der Waals surface area contributed by atoms with Crippen molar-refractivity contribution in [1.82, 2.24) is 5.32 Å². The minimum absolute atomic E-state index is 0.00701. The Balaban J connectivity index is 2.68. The summed E-state index contributed by atoms with van der Waals surface area (Å²) in [7, 11) is 0. The topological polar surface area (TPSA) is 49.3 Å². The van der Waals surface area contributed by atoms with E-state index in [1.807, 2.05) is 13.8 Å². The number of hydrogen-bond donors (Lipinski definition) is 2. The molecule has 1 unspecified atom stereocenters. The molecule has 0 aliphatic heterocycles. The minimum Gasteiger partial charge on any atom is -0.396 e. The average Bonchev–Trinajstić information content (AvgIpc) is 2.40. The van der Waals surface area contributed by atoms with E-state index in [0.29, 0.717) is 24.5 Å². The van der Waals surface area contributed by atoms with Crippen LogP contribution in [0, 0.1) is 29.3 Å². The van der Waals surface area contributed by atoms with Crippen LogP contribution in [-0.4, -0.2) is 24.2 Å². The van der Waals surface area contributed by atoms with Gasteiger partial charge in [0.1, 0.15) is 0 Å². The van der Waals surface area contributed by atoms with Gasteiger partial charge in [-0.25, -0.2) is 13.2 Å². The number of nitrogens with one attached hydrogen (secondary N) is 1. The number of amides is 1. The van der Waals surface area contributed by atoms with Crippen LogP contribution in [0.2, 0.25) is 0 Å². The number of hydrogen-bond acceptors (Lipinski definition) is 2. The molecule has 1 atom stereocenters. The van der Waals surface area contributed by atoms with E-state index in [1.165, 1.54) is 0 Å². The molecule has 0 heterocycles. The van der Waals surface area contributed by atoms with Crippen molar-refractivity contribution in [2.75, 3.05) is 13.2 Å². The highest BCUT2D eigenvalue weighted by Gasteiger charge is 2.17. The summed E-state index contributed by atoms with van der Waals surface area (Å²) in [5.74, 6) is -4.57. The molecule has 1 rings (SSSR count). The molecule has 0 aliphatic rings. The molecular weight excluding hydrogens is 283 g/mol. The van der Waals surface area contributed by atoms with Gasteiger partial charge in [0.2, 0.25) is 0 Å². The van der Waals surface area contributed by atoms with E-state index in [0.717, 1.165) is 6.42 Å². The summed E-state index contributed by atoms with van der Waals surface area (Å²) < 4.78 is 39.0. The van der Waals surface area contributed by atoms with E-state index in [9.17, 15) is 18.0 Å². The van der Waals surface area contributed by atoms with Gasteiger partial charge < -0.3 is 10.4 Å². The van der Waals surface area contributed by atoms with Gasteiger partial charge in [0.15, 0.2) is 17.5 Å². The Labute approximate surface area is 122 Å². The zero-order valence-electron chi connectivity index (χ0n) is 12.1. The van der Waals surface area contributed by atoms with E-state index in [2.05, 4.69) is 5.32 Å². The van der Waals surface area contributed by atoms with E-state index < -0.39 is 23.4 Å². The Kier molecular flexibility index (Phi) is 6.68. The molecule has 0 radical (unpaired) electrons. The van der Waals surface area contributed by atoms with Crippen LogP contribution in [0.5, 0.6) is 0 Å². The van der Waals surface area contributed by atoms with Gasteiger partial charge >= 0.3 is 0 Å². The maximum absolute atomic E-state index is 13.1. The molecule has 0 saturated carbocycles. The molecule has 118 valence electrons. The first-order chi connectivity index (χ1) is 9.85. The molecule has 1 aromatic carbocycles. The molecule has 2 N–H and O–H groups in total. The SMILES string of the molecule is CC(C)CC(CCO)CNC(=O)c1cc(F)c(F)c(F)c1. The zero-order chi connectivity index (χ0) is 16.0. The quantitative estimate of drug-likeness (QED) is 0.761. The molecule has 0 saturated heterocycles. The van der Waals surface area contributed by atoms with Crippen molar-refractivity contribution in [2.24, 2.45) is 11.8 Å². The Hall–Kier alpha value is -1.56. The van der Waals surface area contributed by atoms with Crippen LogP contribution in [0.1, 0.15) is 37.0 Å². The van der Waals surface area contributed by atoms with Gasteiger partial charge in [-0.05, 0) is 36.8 Å². The maximum Gasteiger partial charge on any atom is 0.251 e. The van der Waals surface area contributed by atoms with Gasteiger partial charge in [-0.3, -0.25) is 4.79 Å². The highest BCUT2D eigenvalue weighted by atomic mass is 19.2. The van der Waals surface area contributed by atoms with Crippen molar-refractivity contribution in [3.8, 4) is 0 Å². The van der Waals surface area contributed by atoms with Crippen LogP contribution in [-0.2, 0) is 0 Å². The minimum atomic E-state index is -1.59. The summed E-state index contributed by atoms with van der Waals surface area (Å²) in [5.41, 5.74) is -0.265. The van der Waals surface area contributed by atoms with Crippen LogP contribution in [0.3, 0.4) is 0 Å². The maximum atomic E-state index is 13.1. The van der Waals surface area contributed by atoms with Gasteiger partial charge in [-0.15, -0.1) is 0 Å². The van der Waals surface area contributed by atoms with Gasteiger partial charge in [-0.2, -0.15) is 0 Å². The predicted octanol–water partition coefficient (Wildman–Crippen LogP) is 2.88. The second kappa shape index (κ2) is 8.02. The molecule has 1 aromatic rings. The smallest absolute Gasteiger partial charge is 0.251 e. The van der Waals surface area contributed by atoms with E-state index in [1.54, 1.807) is 0 Å². The lowest BCUT2D eigenvalue weighted by atomic mass is 9.94. The summed E-state index contributed by atoms with van der Waals surface area (Å²) in [6.07, 6.45) is 1.34. The summed E-state index contributed by atoms with van der Waals surface area (Å²) in [5, 5.41) is 11.5. The molecule has 0 aromatic heterocycles. The number of carbonyl (C=O) groups excluding carboxylic acids is 1. The summed E-state index contributed by atoms with van der Waals surface area (Å²) in [4.78, 5) is 11.8. The number of aliphatic hydroxyl groups is 1. The highest BCUT2D eigenvalue weighted by molar-refractivity contribution is 5.94. The number of halogens is 3. The zero-order valence-corrected chi connectivity index (χ0v) is 12.1. The largest absolute Gasteiger partial charge is 0.396 e. The van der Waals surface area contributed by atoms with E-state index >= 15 is 0 Å². The second-order valence-corrected chi connectivity index (χ2v) is 5.47. The average molecular weight is 303 g/mol. The van der Waals surface area contributed by atoms with Crippen LogP contribution in [0.4, 0.5) is 13.2 Å². The molecular formula is C15H20F3NO2. The third-order valence-electron chi connectivity index (χ3n) is 3.14. The first-order valence-electron chi connectivity index (χ1n) is 6.88. The summed E-state index contributed by atoms with van der Waals surface area (Å²) in [6, 6.07) is 1.33. The fourth-order valence-corrected chi connectivity index (χ4v) is 2.18. The molecule has 3 nitrogen and oxygen atoms in total. The van der Waals surface area contributed by atoms with Crippen molar-refractivity contribution >= 4 is 5.91 Å². The van der Waals surface area contributed by atoms with Crippen molar-refractivity contribution in [3.05, 3.63) is 35.1 Å². The van der Waals surface area contributed by atoms with Crippen molar-refractivity contribution < 1.29 is 23.1 Å². The third-order valence-corrected chi connectivity index (χ3v) is 3.14. The Morgan fingerprint density at radius 1 is 1.24 bits per heavy atom. The molecule has 0 fully saturated rings. The molecule has 0 bridgehead atoms. The van der Waals surface area contributed by atoms with Crippen LogP contribution < -0.4 is 5.32 Å². The Morgan fingerprint density at radius 2 is 1.81 bits per heavy atom. The first kappa shape index (κ1) is 17.5. The molecule has 1 amide bonds.